The molecule has 0 saturated carbocycles. The van der Waals surface area contributed by atoms with Crippen molar-refractivity contribution in [2.24, 2.45) is 0 Å². The summed E-state index contributed by atoms with van der Waals surface area (Å²) in [5.41, 5.74) is 3.18. The first kappa shape index (κ1) is 16.0. The van der Waals surface area contributed by atoms with Crippen LogP contribution in [-0.4, -0.2) is 39.4 Å². The third-order valence-electron chi connectivity index (χ3n) is 4.28. The van der Waals surface area contributed by atoms with Crippen molar-refractivity contribution >= 4 is 28.5 Å². The Hall–Kier alpha value is -2.47. The number of carbonyl (C=O) groups excluding carboxylic acids is 1. The van der Waals surface area contributed by atoms with Crippen molar-refractivity contribution in [1.82, 2.24) is 14.5 Å². The van der Waals surface area contributed by atoms with Crippen LogP contribution in [-0.2, 0) is 11.3 Å². The van der Waals surface area contributed by atoms with Gasteiger partial charge in [-0.25, -0.2) is 8.78 Å². The lowest BCUT2D eigenvalue weighted by Crippen LogP contribution is -2.59. The summed E-state index contributed by atoms with van der Waals surface area (Å²) in [6, 6.07) is 11.6. The molecule has 7 heteroatoms. The highest BCUT2D eigenvalue weighted by Gasteiger charge is 2.46. The number of nitrogens with zero attached hydrogens (tertiary/aromatic N) is 3. The molecule has 0 aliphatic carbocycles. The fraction of sp³-hybridized carbons (Fsp3) is 0.222. The van der Waals surface area contributed by atoms with E-state index < -0.39 is 19.0 Å². The standard InChI is InChI=1S/C18H14ClF2N3O/c19-14-8-23(9-16(25)24-10-18(20,21)11-24)15-6-13(7-22-17(14)15)12-4-2-1-3-5-12/h1-8H,9-11H2. The molecule has 0 radical (unpaired) electrons. The molecule has 3 aromatic rings. The molecule has 128 valence electrons. The van der Waals surface area contributed by atoms with Crippen molar-refractivity contribution < 1.29 is 13.6 Å². The number of aromatic nitrogens is 2. The largest absolute Gasteiger partial charge is 0.335 e. The first-order valence-corrected chi connectivity index (χ1v) is 8.16. The first-order chi connectivity index (χ1) is 11.9. The Labute approximate surface area is 147 Å². The van der Waals surface area contributed by atoms with Crippen molar-refractivity contribution in [2.45, 2.75) is 12.5 Å². The van der Waals surface area contributed by atoms with Crippen LogP contribution in [0.1, 0.15) is 0 Å². The molecule has 1 amide bonds. The van der Waals surface area contributed by atoms with Gasteiger partial charge in [0, 0.05) is 18.0 Å². The Bertz CT molecular complexity index is 948. The van der Waals surface area contributed by atoms with E-state index in [0.717, 1.165) is 16.0 Å². The first-order valence-electron chi connectivity index (χ1n) is 7.78. The van der Waals surface area contributed by atoms with Crippen molar-refractivity contribution in [3.63, 3.8) is 0 Å². The lowest BCUT2D eigenvalue weighted by atomic mass is 10.1. The fourth-order valence-electron chi connectivity index (χ4n) is 2.98. The minimum atomic E-state index is -2.77. The van der Waals surface area contributed by atoms with Crippen LogP contribution in [0, 0.1) is 0 Å². The second-order valence-electron chi connectivity index (χ2n) is 6.17. The number of amides is 1. The monoisotopic (exact) mass is 361 g/mol. The normalized spacial score (nSPS) is 16.0. The van der Waals surface area contributed by atoms with Crippen LogP contribution in [0.3, 0.4) is 0 Å². The van der Waals surface area contributed by atoms with Gasteiger partial charge in [-0.05, 0) is 11.6 Å². The van der Waals surface area contributed by atoms with Gasteiger partial charge in [0.25, 0.3) is 5.92 Å². The number of hydrogen-bond acceptors (Lipinski definition) is 2. The van der Waals surface area contributed by atoms with E-state index in [2.05, 4.69) is 4.98 Å². The highest BCUT2D eigenvalue weighted by atomic mass is 35.5. The van der Waals surface area contributed by atoms with Crippen molar-refractivity contribution in [2.75, 3.05) is 13.1 Å². The maximum atomic E-state index is 13.0. The maximum absolute atomic E-state index is 13.0. The second-order valence-corrected chi connectivity index (χ2v) is 6.58. The van der Waals surface area contributed by atoms with Crippen molar-refractivity contribution in [1.29, 1.82) is 0 Å². The van der Waals surface area contributed by atoms with Gasteiger partial charge in [-0.1, -0.05) is 41.9 Å². The van der Waals surface area contributed by atoms with Gasteiger partial charge in [0.05, 0.1) is 23.6 Å². The zero-order chi connectivity index (χ0) is 17.6. The molecule has 0 bridgehead atoms. The fourth-order valence-corrected chi connectivity index (χ4v) is 3.24. The molecule has 4 nitrogen and oxygen atoms in total. The van der Waals surface area contributed by atoms with E-state index >= 15 is 0 Å². The molecule has 1 aromatic carbocycles. The lowest BCUT2D eigenvalue weighted by molar-refractivity contribution is -0.166. The number of fused-ring (bicyclic) bond motifs is 1. The summed E-state index contributed by atoms with van der Waals surface area (Å²) in [6.07, 6.45) is 3.34. The number of carbonyl (C=O) groups is 1. The molecule has 3 heterocycles. The predicted molar refractivity (Wildman–Crippen MR) is 91.7 cm³/mol. The van der Waals surface area contributed by atoms with Gasteiger partial charge in [0.15, 0.2) is 0 Å². The van der Waals surface area contributed by atoms with E-state index in [9.17, 15) is 13.6 Å². The number of benzene rings is 1. The van der Waals surface area contributed by atoms with Crippen LogP contribution in [0.4, 0.5) is 8.78 Å². The summed E-state index contributed by atoms with van der Waals surface area (Å²) in [7, 11) is 0. The zero-order valence-electron chi connectivity index (χ0n) is 13.1. The lowest BCUT2D eigenvalue weighted by Gasteiger charge is -2.38. The molecule has 1 fully saturated rings. The minimum Gasteiger partial charge on any atom is -0.335 e. The molecular formula is C18H14ClF2N3O. The molecule has 0 N–H and O–H groups in total. The predicted octanol–water partition coefficient (Wildman–Crippen LogP) is 3.83. The topological polar surface area (TPSA) is 38.1 Å². The Morgan fingerprint density at radius 1 is 1.20 bits per heavy atom. The summed E-state index contributed by atoms with van der Waals surface area (Å²) in [5, 5.41) is 0.427. The van der Waals surface area contributed by atoms with Crippen LogP contribution in [0.2, 0.25) is 5.02 Å². The molecule has 4 rings (SSSR count). The van der Waals surface area contributed by atoms with Crippen molar-refractivity contribution in [3.8, 4) is 11.1 Å². The van der Waals surface area contributed by atoms with Gasteiger partial charge in [-0.3, -0.25) is 9.78 Å². The molecule has 2 aromatic heterocycles. The average molecular weight is 362 g/mol. The third-order valence-corrected chi connectivity index (χ3v) is 4.56. The molecule has 1 saturated heterocycles. The van der Waals surface area contributed by atoms with Gasteiger partial charge in [0.2, 0.25) is 5.91 Å². The zero-order valence-corrected chi connectivity index (χ0v) is 13.9. The van der Waals surface area contributed by atoms with E-state index in [1.807, 2.05) is 36.4 Å². The van der Waals surface area contributed by atoms with Gasteiger partial charge >= 0.3 is 0 Å². The van der Waals surface area contributed by atoms with E-state index in [1.54, 1.807) is 17.0 Å². The van der Waals surface area contributed by atoms with Crippen LogP contribution in [0.15, 0.2) is 48.8 Å². The van der Waals surface area contributed by atoms with Gasteiger partial charge in [-0.15, -0.1) is 0 Å². The molecule has 1 aliphatic rings. The van der Waals surface area contributed by atoms with Gasteiger partial charge in [-0.2, -0.15) is 0 Å². The Kier molecular flexibility index (Phi) is 3.72. The third kappa shape index (κ3) is 2.98. The number of pyridine rings is 1. The molecule has 1 aliphatic heterocycles. The minimum absolute atomic E-state index is 0.0424. The Morgan fingerprint density at radius 3 is 2.60 bits per heavy atom. The molecule has 0 atom stereocenters. The number of halogens is 3. The van der Waals surface area contributed by atoms with E-state index in [4.69, 9.17) is 11.6 Å². The average Bonchev–Trinajstić information content (AvgIpc) is 2.89. The van der Waals surface area contributed by atoms with E-state index in [0.29, 0.717) is 16.1 Å². The van der Waals surface area contributed by atoms with Crippen molar-refractivity contribution in [3.05, 3.63) is 53.8 Å². The summed E-state index contributed by atoms with van der Waals surface area (Å²) in [6.45, 7) is -1.09. The summed E-state index contributed by atoms with van der Waals surface area (Å²) in [5.74, 6) is -3.13. The van der Waals surface area contributed by atoms with Gasteiger partial charge < -0.3 is 9.47 Å². The SMILES string of the molecule is O=C(Cn1cc(Cl)c2ncc(-c3ccccc3)cc21)N1CC(F)(F)C1. The molecular weight excluding hydrogens is 348 g/mol. The quantitative estimate of drug-likeness (QED) is 0.711. The van der Waals surface area contributed by atoms with E-state index in [-0.39, 0.29) is 12.5 Å². The van der Waals surface area contributed by atoms with Crippen LogP contribution < -0.4 is 0 Å². The van der Waals surface area contributed by atoms with Crippen LogP contribution in [0.25, 0.3) is 22.2 Å². The summed E-state index contributed by atoms with van der Waals surface area (Å²) >= 11 is 6.20. The Morgan fingerprint density at radius 2 is 1.92 bits per heavy atom. The highest BCUT2D eigenvalue weighted by molar-refractivity contribution is 6.35. The number of likely N-dealkylation sites (tertiary alicyclic amines) is 1. The Balaban J connectivity index is 1.66. The van der Waals surface area contributed by atoms with Crippen LogP contribution in [0.5, 0.6) is 0 Å². The summed E-state index contributed by atoms with van der Waals surface area (Å²) in [4.78, 5) is 17.7. The highest BCUT2D eigenvalue weighted by Crippen LogP contribution is 2.30. The number of rotatable bonds is 3. The maximum Gasteiger partial charge on any atom is 0.282 e. The smallest absolute Gasteiger partial charge is 0.282 e. The summed E-state index contributed by atoms with van der Waals surface area (Å²) < 4.78 is 27.6. The number of hydrogen-bond donors (Lipinski definition) is 0. The van der Waals surface area contributed by atoms with Crippen LogP contribution >= 0.6 is 11.6 Å². The molecule has 25 heavy (non-hydrogen) atoms. The molecule has 0 spiro atoms. The second kappa shape index (κ2) is 5.81. The molecule has 0 unspecified atom stereocenters. The van der Waals surface area contributed by atoms with Gasteiger partial charge in [0.1, 0.15) is 12.1 Å². The van der Waals surface area contributed by atoms with E-state index in [1.165, 1.54) is 0 Å². The number of alkyl halides is 2.